The van der Waals surface area contributed by atoms with E-state index in [0.717, 1.165) is 10.6 Å². The molecule has 1 N–H and O–H groups in total. The highest BCUT2D eigenvalue weighted by molar-refractivity contribution is 7.92. The van der Waals surface area contributed by atoms with Gasteiger partial charge in [-0.2, -0.15) is 0 Å². The number of nitrogens with one attached hydrogen (secondary N) is 1. The standard InChI is InChI=1S/C24H29N3O9S/c1-33-20-13-18(24(30)35-3)19(14-21(20)34-2)25-22(28)15-27(37(4,31)32)17-7-5-16(6-8-17)23(29)26-9-11-36-12-10-26/h5-8,13-14H,9-12,15H2,1-4H3,(H,25,28). The summed E-state index contributed by atoms with van der Waals surface area (Å²) in [6.07, 6.45) is 0.962. The number of hydrogen-bond acceptors (Lipinski definition) is 9. The molecule has 0 spiro atoms. The van der Waals surface area contributed by atoms with Crippen LogP contribution in [0.1, 0.15) is 20.7 Å². The molecule has 12 nitrogen and oxygen atoms in total. The lowest BCUT2D eigenvalue weighted by Gasteiger charge is -2.27. The van der Waals surface area contributed by atoms with E-state index in [1.165, 1.54) is 57.7 Å². The van der Waals surface area contributed by atoms with Gasteiger partial charge in [-0.15, -0.1) is 0 Å². The molecule has 2 aromatic rings. The lowest BCUT2D eigenvalue weighted by atomic mass is 10.1. The number of hydrogen-bond donors (Lipinski definition) is 1. The highest BCUT2D eigenvalue weighted by Gasteiger charge is 2.25. The maximum absolute atomic E-state index is 12.9. The molecule has 0 aromatic heterocycles. The number of morpholine rings is 1. The predicted octanol–water partition coefficient (Wildman–Crippen LogP) is 1.37. The van der Waals surface area contributed by atoms with Gasteiger partial charge in [0, 0.05) is 30.8 Å². The molecule has 3 rings (SSSR count). The van der Waals surface area contributed by atoms with Crippen LogP contribution < -0.4 is 19.1 Å². The molecule has 2 aromatic carbocycles. The number of nitrogens with zero attached hydrogens (tertiary/aromatic N) is 2. The Labute approximate surface area is 215 Å². The van der Waals surface area contributed by atoms with Gasteiger partial charge in [0.2, 0.25) is 15.9 Å². The van der Waals surface area contributed by atoms with Crippen LogP contribution in [0, 0.1) is 0 Å². The molecule has 0 radical (unpaired) electrons. The number of esters is 1. The van der Waals surface area contributed by atoms with Crippen LogP contribution in [0.4, 0.5) is 11.4 Å². The molecule has 200 valence electrons. The fourth-order valence-corrected chi connectivity index (χ4v) is 4.56. The number of sulfonamides is 1. The van der Waals surface area contributed by atoms with Gasteiger partial charge in [0.25, 0.3) is 5.91 Å². The lowest BCUT2D eigenvalue weighted by Crippen LogP contribution is -2.40. The summed E-state index contributed by atoms with van der Waals surface area (Å²) < 4.78 is 46.4. The molecule has 0 unspecified atom stereocenters. The Balaban J connectivity index is 1.83. The van der Waals surface area contributed by atoms with E-state index < -0.39 is 28.4 Å². The van der Waals surface area contributed by atoms with E-state index in [1.54, 1.807) is 4.90 Å². The quantitative estimate of drug-likeness (QED) is 0.471. The minimum Gasteiger partial charge on any atom is -0.493 e. The maximum atomic E-state index is 12.9. The minimum atomic E-state index is -3.89. The van der Waals surface area contributed by atoms with Crippen molar-refractivity contribution in [3.63, 3.8) is 0 Å². The Morgan fingerprint density at radius 3 is 2.14 bits per heavy atom. The largest absolute Gasteiger partial charge is 0.493 e. The second kappa shape index (κ2) is 11.9. The lowest BCUT2D eigenvalue weighted by molar-refractivity contribution is -0.114. The van der Waals surface area contributed by atoms with Crippen molar-refractivity contribution >= 4 is 39.2 Å². The van der Waals surface area contributed by atoms with E-state index in [2.05, 4.69) is 5.32 Å². The van der Waals surface area contributed by atoms with Gasteiger partial charge < -0.3 is 29.2 Å². The fraction of sp³-hybridized carbons (Fsp3) is 0.375. The number of rotatable bonds is 9. The second-order valence-electron chi connectivity index (χ2n) is 8.01. The molecule has 0 saturated carbocycles. The van der Waals surface area contributed by atoms with Crippen molar-refractivity contribution in [3.8, 4) is 11.5 Å². The molecular weight excluding hydrogens is 506 g/mol. The first kappa shape index (κ1) is 27.7. The van der Waals surface area contributed by atoms with Crippen LogP contribution in [0.2, 0.25) is 0 Å². The first-order valence-electron chi connectivity index (χ1n) is 11.2. The summed E-state index contributed by atoms with van der Waals surface area (Å²) in [5.74, 6) is -1.17. The van der Waals surface area contributed by atoms with Gasteiger partial charge >= 0.3 is 5.97 Å². The molecule has 1 aliphatic heterocycles. The number of benzene rings is 2. The molecule has 0 atom stereocenters. The highest BCUT2D eigenvalue weighted by Crippen LogP contribution is 2.34. The average Bonchev–Trinajstić information content (AvgIpc) is 2.90. The van der Waals surface area contributed by atoms with E-state index in [4.69, 9.17) is 18.9 Å². The average molecular weight is 536 g/mol. The van der Waals surface area contributed by atoms with Crippen molar-refractivity contribution in [2.45, 2.75) is 0 Å². The van der Waals surface area contributed by atoms with Crippen LogP contribution in [0.15, 0.2) is 36.4 Å². The Bertz CT molecular complexity index is 1260. The molecule has 1 saturated heterocycles. The van der Waals surface area contributed by atoms with E-state index >= 15 is 0 Å². The van der Waals surface area contributed by atoms with E-state index in [0.29, 0.717) is 31.9 Å². The van der Waals surface area contributed by atoms with Crippen molar-refractivity contribution < 1.29 is 41.7 Å². The Kier molecular flexibility index (Phi) is 8.95. The van der Waals surface area contributed by atoms with Crippen molar-refractivity contribution in [1.82, 2.24) is 4.90 Å². The SMILES string of the molecule is COC(=O)c1cc(OC)c(OC)cc1NC(=O)CN(c1ccc(C(=O)N2CCOCC2)cc1)S(C)(=O)=O. The number of methoxy groups -OCH3 is 3. The van der Waals surface area contributed by atoms with Crippen molar-refractivity contribution in [2.24, 2.45) is 0 Å². The van der Waals surface area contributed by atoms with Crippen molar-refractivity contribution in [2.75, 3.05) is 70.1 Å². The topological polar surface area (TPSA) is 141 Å². The van der Waals surface area contributed by atoms with Crippen LogP contribution in [-0.4, -0.2) is 91.5 Å². The third kappa shape index (κ3) is 6.68. The van der Waals surface area contributed by atoms with Gasteiger partial charge in [-0.05, 0) is 24.3 Å². The fourth-order valence-electron chi connectivity index (χ4n) is 3.70. The van der Waals surface area contributed by atoms with E-state index in [-0.39, 0.29) is 34.3 Å². The first-order valence-corrected chi connectivity index (χ1v) is 13.0. The van der Waals surface area contributed by atoms with Gasteiger partial charge in [-0.1, -0.05) is 0 Å². The normalized spacial score (nSPS) is 13.5. The Morgan fingerprint density at radius 2 is 1.59 bits per heavy atom. The number of amides is 2. The van der Waals surface area contributed by atoms with E-state index in [9.17, 15) is 22.8 Å². The Morgan fingerprint density at radius 1 is 1.00 bits per heavy atom. The molecule has 37 heavy (non-hydrogen) atoms. The number of carbonyl (C=O) groups is 3. The number of carbonyl (C=O) groups excluding carboxylic acids is 3. The van der Waals surface area contributed by atoms with Crippen LogP contribution >= 0.6 is 0 Å². The predicted molar refractivity (Wildman–Crippen MR) is 135 cm³/mol. The molecule has 1 fully saturated rings. The molecule has 2 amide bonds. The van der Waals surface area contributed by atoms with Gasteiger partial charge in [-0.25, -0.2) is 13.2 Å². The summed E-state index contributed by atoms with van der Waals surface area (Å²) in [5, 5.41) is 2.54. The monoisotopic (exact) mass is 535 g/mol. The van der Waals surface area contributed by atoms with Gasteiger partial charge in [0.1, 0.15) is 6.54 Å². The third-order valence-electron chi connectivity index (χ3n) is 5.59. The molecule has 1 heterocycles. The van der Waals surface area contributed by atoms with Gasteiger partial charge in [-0.3, -0.25) is 13.9 Å². The summed E-state index contributed by atoms with van der Waals surface area (Å²) in [6.45, 7) is 1.27. The summed E-state index contributed by atoms with van der Waals surface area (Å²) in [5.41, 5.74) is 0.619. The first-order chi connectivity index (χ1) is 17.6. The van der Waals surface area contributed by atoms with Gasteiger partial charge in [0.15, 0.2) is 11.5 Å². The highest BCUT2D eigenvalue weighted by atomic mass is 32.2. The third-order valence-corrected chi connectivity index (χ3v) is 6.73. The summed E-state index contributed by atoms with van der Waals surface area (Å²) >= 11 is 0. The van der Waals surface area contributed by atoms with Gasteiger partial charge in [0.05, 0.1) is 57.7 Å². The second-order valence-corrected chi connectivity index (χ2v) is 9.92. The zero-order chi connectivity index (χ0) is 27.2. The molecule has 13 heteroatoms. The van der Waals surface area contributed by atoms with E-state index in [1.807, 2.05) is 0 Å². The Hall–Kier alpha value is -3.84. The minimum absolute atomic E-state index is 0.00890. The van der Waals surface area contributed by atoms with Crippen molar-refractivity contribution in [3.05, 3.63) is 47.5 Å². The maximum Gasteiger partial charge on any atom is 0.340 e. The van der Waals surface area contributed by atoms with Crippen LogP contribution in [0.5, 0.6) is 11.5 Å². The number of ether oxygens (including phenoxy) is 4. The zero-order valence-electron chi connectivity index (χ0n) is 21.0. The van der Waals surface area contributed by atoms with Crippen molar-refractivity contribution in [1.29, 1.82) is 0 Å². The van der Waals surface area contributed by atoms with Crippen LogP contribution in [0.25, 0.3) is 0 Å². The molecular formula is C24H29N3O9S. The van der Waals surface area contributed by atoms with Crippen LogP contribution in [0.3, 0.4) is 0 Å². The summed E-state index contributed by atoms with van der Waals surface area (Å²) in [6, 6.07) is 8.65. The molecule has 0 aliphatic carbocycles. The zero-order valence-corrected chi connectivity index (χ0v) is 21.8. The molecule has 1 aliphatic rings. The smallest absolute Gasteiger partial charge is 0.340 e. The number of anilines is 2. The summed E-state index contributed by atoms with van der Waals surface area (Å²) in [7, 11) is 0.0737. The summed E-state index contributed by atoms with van der Waals surface area (Å²) in [4.78, 5) is 39.5. The van der Waals surface area contributed by atoms with Crippen LogP contribution in [-0.2, 0) is 24.3 Å². The molecule has 0 bridgehead atoms.